The highest BCUT2D eigenvalue weighted by atomic mass is 79.9. The van der Waals surface area contributed by atoms with Crippen molar-refractivity contribution in [2.24, 2.45) is 0 Å². The largest absolute Gasteiger partial charge is 0.368 e. The van der Waals surface area contributed by atoms with Gasteiger partial charge in [-0.05, 0) is 72.6 Å². The summed E-state index contributed by atoms with van der Waals surface area (Å²) >= 11 is 3.79. The van der Waals surface area contributed by atoms with Crippen LogP contribution in [0.2, 0.25) is 0 Å². The van der Waals surface area contributed by atoms with E-state index in [4.69, 9.17) is 0 Å². The third-order valence-electron chi connectivity index (χ3n) is 4.61. The molecule has 23 heavy (non-hydrogen) atoms. The smallest absolute Gasteiger partial charge is 0.0511 e. The van der Waals surface area contributed by atoms with Gasteiger partial charge in [-0.2, -0.15) is 0 Å². The van der Waals surface area contributed by atoms with E-state index >= 15 is 0 Å². The highest BCUT2D eigenvalue weighted by Crippen LogP contribution is 2.32. The molecule has 1 aromatic carbocycles. The Kier molecular flexibility index (Phi) is 6.52. The molecule has 0 N–H and O–H groups in total. The molecule has 0 aromatic heterocycles. The first-order valence-electron chi connectivity index (χ1n) is 8.69. The maximum absolute atomic E-state index is 3.79. The SMILES string of the molecule is CN(C)CCCN1CCN(c2ccc(C(C)(C)C)cc2Br)CC1. The molecular formula is C19H32BrN3. The Bertz CT molecular complexity index is 500. The lowest BCUT2D eigenvalue weighted by atomic mass is 9.87. The zero-order valence-corrected chi connectivity index (χ0v) is 17.0. The third kappa shape index (κ3) is 5.47. The first-order chi connectivity index (χ1) is 10.8. The second-order valence-electron chi connectivity index (χ2n) is 7.90. The van der Waals surface area contributed by atoms with Crippen LogP contribution in [-0.4, -0.2) is 63.2 Å². The van der Waals surface area contributed by atoms with Crippen LogP contribution in [0.1, 0.15) is 32.8 Å². The van der Waals surface area contributed by atoms with Gasteiger partial charge in [0.15, 0.2) is 0 Å². The third-order valence-corrected chi connectivity index (χ3v) is 5.24. The van der Waals surface area contributed by atoms with Crippen LogP contribution in [0.4, 0.5) is 5.69 Å². The number of benzene rings is 1. The van der Waals surface area contributed by atoms with E-state index in [0.29, 0.717) is 0 Å². The summed E-state index contributed by atoms with van der Waals surface area (Å²) in [4.78, 5) is 7.38. The van der Waals surface area contributed by atoms with Gasteiger partial charge in [-0.1, -0.05) is 26.8 Å². The van der Waals surface area contributed by atoms with E-state index in [9.17, 15) is 0 Å². The molecule has 4 heteroatoms. The van der Waals surface area contributed by atoms with Gasteiger partial charge in [-0.15, -0.1) is 0 Å². The Morgan fingerprint density at radius 1 is 1.09 bits per heavy atom. The molecule has 0 bridgehead atoms. The molecule has 1 aromatic rings. The van der Waals surface area contributed by atoms with Gasteiger partial charge in [0.25, 0.3) is 0 Å². The lowest BCUT2D eigenvalue weighted by molar-refractivity contribution is 0.242. The van der Waals surface area contributed by atoms with E-state index in [-0.39, 0.29) is 5.41 Å². The molecule has 1 fully saturated rings. The zero-order chi connectivity index (χ0) is 17.0. The van der Waals surface area contributed by atoms with Gasteiger partial charge in [0, 0.05) is 30.7 Å². The minimum absolute atomic E-state index is 0.201. The lowest BCUT2D eigenvalue weighted by Gasteiger charge is -2.37. The number of hydrogen-bond acceptors (Lipinski definition) is 3. The van der Waals surface area contributed by atoms with Crippen LogP contribution < -0.4 is 4.90 Å². The van der Waals surface area contributed by atoms with Crippen LogP contribution in [0.3, 0.4) is 0 Å². The molecule has 0 spiro atoms. The van der Waals surface area contributed by atoms with Gasteiger partial charge >= 0.3 is 0 Å². The van der Waals surface area contributed by atoms with E-state index in [1.165, 1.54) is 48.3 Å². The molecule has 1 aliphatic heterocycles. The molecule has 130 valence electrons. The summed E-state index contributed by atoms with van der Waals surface area (Å²) in [6.07, 6.45) is 1.26. The molecule has 3 nitrogen and oxygen atoms in total. The number of halogens is 1. The van der Waals surface area contributed by atoms with Crippen LogP contribution >= 0.6 is 15.9 Å². The van der Waals surface area contributed by atoms with Crippen LogP contribution in [0.5, 0.6) is 0 Å². The number of piperazine rings is 1. The fourth-order valence-corrected chi connectivity index (χ4v) is 3.68. The predicted molar refractivity (Wildman–Crippen MR) is 105 cm³/mol. The molecule has 0 unspecified atom stereocenters. The summed E-state index contributed by atoms with van der Waals surface area (Å²) in [5.74, 6) is 0. The Morgan fingerprint density at radius 2 is 1.74 bits per heavy atom. The fraction of sp³-hybridized carbons (Fsp3) is 0.684. The molecule has 0 saturated carbocycles. The van der Waals surface area contributed by atoms with Gasteiger partial charge in [-0.3, -0.25) is 4.90 Å². The van der Waals surface area contributed by atoms with Crippen molar-refractivity contribution >= 4 is 21.6 Å². The second-order valence-corrected chi connectivity index (χ2v) is 8.76. The fourth-order valence-electron chi connectivity index (χ4n) is 3.05. The maximum Gasteiger partial charge on any atom is 0.0511 e. The van der Waals surface area contributed by atoms with Crippen LogP contribution in [-0.2, 0) is 5.41 Å². The van der Waals surface area contributed by atoms with Gasteiger partial charge in [-0.25, -0.2) is 0 Å². The van der Waals surface area contributed by atoms with Crippen molar-refractivity contribution in [1.29, 1.82) is 0 Å². The monoisotopic (exact) mass is 381 g/mol. The average molecular weight is 382 g/mol. The van der Waals surface area contributed by atoms with Crippen molar-refractivity contribution in [3.63, 3.8) is 0 Å². The Morgan fingerprint density at radius 3 is 2.26 bits per heavy atom. The van der Waals surface area contributed by atoms with Crippen LogP contribution in [0.25, 0.3) is 0 Å². The topological polar surface area (TPSA) is 9.72 Å². The summed E-state index contributed by atoms with van der Waals surface area (Å²) in [5.41, 5.74) is 2.92. The summed E-state index contributed by atoms with van der Waals surface area (Å²) in [5, 5.41) is 0. The van der Waals surface area contributed by atoms with Crippen molar-refractivity contribution in [2.75, 3.05) is 58.3 Å². The van der Waals surface area contributed by atoms with Gasteiger partial charge in [0.2, 0.25) is 0 Å². The Hall–Kier alpha value is -0.580. The Labute approximate surface area is 150 Å². The van der Waals surface area contributed by atoms with Gasteiger partial charge in [0.1, 0.15) is 0 Å². The van der Waals surface area contributed by atoms with Crippen molar-refractivity contribution in [2.45, 2.75) is 32.6 Å². The first kappa shape index (κ1) is 18.8. The molecule has 0 radical (unpaired) electrons. The summed E-state index contributed by atoms with van der Waals surface area (Å²) in [6.45, 7) is 13.8. The highest BCUT2D eigenvalue weighted by molar-refractivity contribution is 9.10. The van der Waals surface area contributed by atoms with E-state index < -0.39 is 0 Å². The zero-order valence-electron chi connectivity index (χ0n) is 15.4. The van der Waals surface area contributed by atoms with Crippen molar-refractivity contribution in [1.82, 2.24) is 9.80 Å². The van der Waals surface area contributed by atoms with Crippen molar-refractivity contribution in [3.8, 4) is 0 Å². The molecular weight excluding hydrogens is 350 g/mol. The minimum Gasteiger partial charge on any atom is -0.368 e. The molecule has 0 aliphatic carbocycles. The molecule has 0 atom stereocenters. The Balaban J connectivity index is 1.90. The maximum atomic E-state index is 3.79. The van der Waals surface area contributed by atoms with Gasteiger partial charge < -0.3 is 9.80 Å². The van der Waals surface area contributed by atoms with E-state index in [0.717, 1.165) is 13.1 Å². The molecule has 1 saturated heterocycles. The predicted octanol–water partition coefficient (Wildman–Crippen LogP) is 3.82. The molecule has 2 rings (SSSR count). The second kappa shape index (κ2) is 8.00. The molecule has 0 amide bonds. The number of nitrogens with zero attached hydrogens (tertiary/aromatic N) is 3. The van der Waals surface area contributed by atoms with E-state index in [1.54, 1.807) is 0 Å². The molecule has 1 aliphatic rings. The van der Waals surface area contributed by atoms with Crippen molar-refractivity contribution in [3.05, 3.63) is 28.2 Å². The van der Waals surface area contributed by atoms with Crippen LogP contribution in [0, 0.1) is 0 Å². The summed E-state index contributed by atoms with van der Waals surface area (Å²) < 4.78 is 1.23. The molecule has 1 heterocycles. The van der Waals surface area contributed by atoms with E-state index in [2.05, 4.69) is 83.7 Å². The summed E-state index contributed by atoms with van der Waals surface area (Å²) in [6, 6.07) is 6.86. The normalized spacial score (nSPS) is 17.1. The minimum atomic E-state index is 0.201. The quantitative estimate of drug-likeness (QED) is 0.767. The van der Waals surface area contributed by atoms with E-state index in [1.807, 2.05) is 0 Å². The summed E-state index contributed by atoms with van der Waals surface area (Å²) in [7, 11) is 4.30. The number of hydrogen-bond donors (Lipinski definition) is 0. The van der Waals surface area contributed by atoms with Crippen LogP contribution in [0.15, 0.2) is 22.7 Å². The number of rotatable bonds is 5. The standard InChI is InChI=1S/C19H32BrN3/c1-19(2,3)16-7-8-18(17(20)15-16)23-13-11-22(12-14-23)10-6-9-21(4)5/h7-8,15H,6,9-14H2,1-5H3. The van der Waals surface area contributed by atoms with Gasteiger partial charge in [0.05, 0.1) is 5.69 Å². The number of anilines is 1. The lowest BCUT2D eigenvalue weighted by Crippen LogP contribution is -2.47. The van der Waals surface area contributed by atoms with Crippen molar-refractivity contribution < 1.29 is 0 Å². The average Bonchev–Trinajstić information content (AvgIpc) is 2.47. The first-order valence-corrected chi connectivity index (χ1v) is 9.49. The highest BCUT2D eigenvalue weighted by Gasteiger charge is 2.20.